The Morgan fingerprint density at radius 1 is 1.12 bits per heavy atom. The second-order valence-electron chi connectivity index (χ2n) is 3.86. The van der Waals surface area contributed by atoms with E-state index in [1.807, 2.05) is 19.1 Å². The molecule has 1 aromatic carbocycles. The topological polar surface area (TPSA) is 48.6 Å². The molecule has 0 aliphatic rings. The van der Waals surface area contributed by atoms with Gasteiger partial charge in [-0.25, -0.2) is 0 Å². The number of hydrogen-bond acceptors (Lipinski definition) is 1. The quantitative estimate of drug-likeness (QED) is 0.575. The van der Waals surface area contributed by atoms with Gasteiger partial charge < -0.3 is 9.97 Å². The van der Waals surface area contributed by atoms with E-state index < -0.39 is 0 Å². The molecule has 3 nitrogen and oxygen atoms in total. The lowest BCUT2D eigenvalue weighted by atomic mass is 10.2. The molecule has 0 spiro atoms. The van der Waals surface area contributed by atoms with Crippen LogP contribution in [0, 0.1) is 6.92 Å². The van der Waals surface area contributed by atoms with Gasteiger partial charge in [-0.2, -0.15) is 0 Å². The molecule has 0 amide bonds. The molecule has 0 aliphatic carbocycles. The van der Waals surface area contributed by atoms with Gasteiger partial charge in [0, 0.05) is 22.5 Å². The Bertz CT molecular complexity index is 755. The average molecular weight is 233 g/mol. The SMILES string of the molecule is Cc1[nH]c(Cl)cc2c1[nH]c1cc(=O)ccc12. The van der Waals surface area contributed by atoms with Crippen molar-refractivity contribution < 1.29 is 0 Å². The first-order chi connectivity index (χ1) is 7.65. The summed E-state index contributed by atoms with van der Waals surface area (Å²) in [6, 6.07) is 6.86. The molecule has 2 N–H and O–H groups in total. The van der Waals surface area contributed by atoms with E-state index in [4.69, 9.17) is 11.6 Å². The van der Waals surface area contributed by atoms with Gasteiger partial charge in [0.15, 0.2) is 5.43 Å². The zero-order valence-electron chi connectivity index (χ0n) is 8.60. The van der Waals surface area contributed by atoms with Crippen LogP contribution in [0.5, 0.6) is 0 Å². The summed E-state index contributed by atoms with van der Waals surface area (Å²) in [6.07, 6.45) is 0. The molecule has 4 heteroatoms. The molecular formula is C12H9ClN2O. The molecule has 0 saturated heterocycles. The van der Waals surface area contributed by atoms with Gasteiger partial charge in [0.2, 0.25) is 0 Å². The van der Waals surface area contributed by atoms with Crippen molar-refractivity contribution in [3.8, 4) is 0 Å². The summed E-state index contributed by atoms with van der Waals surface area (Å²) < 4.78 is 0. The summed E-state index contributed by atoms with van der Waals surface area (Å²) in [4.78, 5) is 17.5. The lowest BCUT2D eigenvalue weighted by Gasteiger charge is -1.98. The van der Waals surface area contributed by atoms with E-state index in [1.165, 1.54) is 0 Å². The van der Waals surface area contributed by atoms with Crippen molar-refractivity contribution in [1.29, 1.82) is 0 Å². The predicted octanol–water partition coefficient (Wildman–Crippen LogP) is 2.97. The second-order valence-corrected chi connectivity index (χ2v) is 4.27. The maximum atomic E-state index is 11.3. The Hall–Kier alpha value is -1.74. The maximum absolute atomic E-state index is 11.3. The number of aromatic nitrogens is 2. The molecule has 0 saturated carbocycles. The van der Waals surface area contributed by atoms with E-state index >= 15 is 0 Å². The Labute approximate surface area is 96.1 Å². The van der Waals surface area contributed by atoms with Crippen molar-refractivity contribution in [2.45, 2.75) is 6.92 Å². The van der Waals surface area contributed by atoms with Crippen LogP contribution < -0.4 is 5.43 Å². The van der Waals surface area contributed by atoms with E-state index in [1.54, 1.807) is 12.1 Å². The number of fused-ring (bicyclic) bond motifs is 3. The zero-order valence-corrected chi connectivity index (χ0v) is 9.35. The highest BCUT2D eigenvalue weighted by atomic mass is 35.5. The van der Waals surface area contributed by atoms with Crippen molar-refractivity contribution >= 4 is 33.4 Å². The van der Waals surface area contributed by atoms with Gasteiger partial charge in [-0.05, 0) is 25.1 Å². The number of pyridine rings is 1. The lowest BCUT2D eigenvalue weighted by molar-refractivity contribution is 1.22. The summed E-state index contributed by atoms with van der Waals surface area (Å²) in [5.41, 5.74) is 2.81. The molecule has 3 rings (SSSR count). The Balaban J connectivity index is 2.60. The van der Waals surface area contributed by atoms with Crippen LogP contribution in [-0.4, -0.2) is 9.97 Å². The summed E-state index contributed by atoms with van der Waals surface area (Å²) in [5.74, 6) is 0. The summed E-state index contributed by atoms with van der Waals surface area (Å²) >= 11 is 5.98. The largest absolute Gasteiger partial charge is 0.353 e. The third-order valence-corrected chi connectivity index (χ3v) is 2.97. The maximum Gasteiger partial charge on any atom is 0.180 e. The summed E-state index contributed by atoms with van der Waals surface area (Å²) in [6.45, 7) is 1.95. The minimum atomic E-state index is 0.00628. The van der Waals surface area contributed by atoms with E-state index in [2.05, 4.69) is 9.97 Å². The first kappa shape index (κ1) is 9.48. The van der Waals surface area contributed by atoms with Gasteiger partial charge in [0.1, 0.15) is 5.15 Å². The van der Waals surface area contributed by atoms with Gasteiger partial charge in [-0.15, -0.1) is 0 Å². The van der Waals surface area contributed by atoms with Crippen molar-refractivity contribution in [1.82, 2.24) is 9.97 Å². The number of aryl methyl sites for hydroxylation is 1. The molecule has 0 atom stereocenters. The minimum absolute atomic E-state index is 0.00628. The number of nitrogens with one attached hydrogen (secondary N) is 2. The molecule has 0 unspecified atom stereocenters. The molecule has 2 heterocycles. The van der Waals surface area contributed by atoms with Gasteiger partial charge in [-0.3, -0.25) is 4.79 Å². The standard InChI is InChI=1S/C12H9ClN2O/c1-6-12-9(5-11(13)14-6)8-3-2-7(16)4-10(8)15-12/h2-5,14-15H,1H3. The highest BCUT2D eigenvalue weighted by molar-refractivity contribution is 6.30. The number of H-pyrrole nitrogens is 2. The van der Waals surface area contributed by atoms with Crippen LogP contribution in [0.15, 0.2) is 29.1 Å². The van der Waals surface area contributed by atoms with Crippen LogP contribution in [0.1, 0.15) is 5.69 Å². The van der Waals surface area contributed by atoms with E-state index in [0.717, 1.165) is 27.5 Å². The van der Waals surface area contributed by atoms with Crippen molar-refractivity contribution in [2.75, 3.05) is 0 Å². The van der Waals surface area contributed by atoms with Crippen molar-refractivity contribution in [3.05, 3.63) is 45.3 Å². The monoisotopic (exact) mass is 232 g/mol. The molecule has 3 aromatic rings. The van der Waals surface area contributed by atoms with E-state index in [9.17, 15) is 4.79 Å². The van der Waals surface area contributed by atoms with Crippen molar-refractivity contribution in [2.24, 2.45) is 0 Å². The Morgan fingerprint density at radius 3 is 2.75 bits per heavy atom. The van der Waals surface area contributed by atoms with Crippen LogP contribution in [-0.2, 0) is 0 Å². The fraction of sp³-hybridized carbons (Fsp3) is 0.0833. The van der Waals surface area contributed by atoms with Gasteiger partial charge >= 0.3 is 0 Å². The number of halogens is 1. The van der Waals surface area contributed by atoms with E-state index in [0.29, 0.717) is 5.15 Å². The Kier molecular flexibility index (Phi) is 1.85. The number of benzene rings is 1. The van der Waals surface area contributed by atoms with Crippen LogP contribution in [0.3, 0.4) is 0 Å². The van der Waals surface area contributed by atoms with Gasteiger partial charge in [0.25, 0.3) is 0 Å². The van der Waals surface area contributed by atoms with Crippen molar-refractivity contribution in [3.63, 3.8) is 0 Å². The zero-order chi connectivity index (χ0) is 11.3. The van der Waals surface area contributed by atoms with Gasteiger partial charge in [-0.1, -0.05) is 11.6 Å². The molecule has 0 radical (unpaired) electrons. The average Bonchev–Trinajstić information content (AvgIpc) is 2.56. The number of hydrogen-bond donors (Lipinski definition) is 2. The first-order valence-corrected chi connectivity index (χ1v) is 5.34. The summed E-state index contributed by atoms with van der Waals surface area (Å²) in [5, 5.41) is 2.65. The third kappa shape index (κ3) is 1.25. The second kappa shape index (κ2) is 3.12. The van der Waals surface area contributed by atoms with Crippen LogP contribution >= 0.6 is 11.6 Å². The first-order valence-electron chi connectivity index (χ1n) is 4.96. The normalized spacial score (nSPS) is 11.4. The minimum Gasteiger partial charge on any atom is -0.353 e. The third-order valence-electron chi connectivity index (χ3n) is 2.76. The number of aromatic amines is 2. The predicted molar refractivity (Wildman–Crippen MR) is 66.2 cm³/mol. The molecule has 16 heavy (non-hydrogen) atoms. The molecular weight excluding hydrogens is 224 g/mol. The molecule has 0 aliphatic heterocycles. The lowest BCUT2D eigenvalue weighted by Crippen LogP contribution is -1.93. The van der Waals surface area contributed by atoms with Crippen LogP contribution in [0.4, 0.5) is 0 Å². The van der Waals surface area contributed by atoms with Crippen LogP contribution in [0.25, 0.3) is 21.8 Å². The molecule has 0 fully saturated rings. The fourth-order valence-corrected chi connectivity index (χ4v) is 2.30. The smallest absolute Gasteiger partial charge is 0.180 e. The highest BCUT2D eigenvalue weighted by Gasteiger charge is 2.07. The van der Waals surface area contributed by atoms with E-state index in [-0.39, 0.29) is 5.43 Å². The van der Waals surface area contributed by atoms with Gasteiger partial charge in [0.05, 0.1) is 11.0 Å². The fourth-order valence-electron chi connectivity index (χ4n) is 2.05. The molecule has 80 valence electrons. The van der Waals surface area contributed by atoms with Crippen LogP contribution in [0.2, 0.25) is 5.15 Å². The summed E-state index contributed by atoms with van der Waals surface area (Å²) in [7, 11) is 0. The highest BCUT2D eigenvalue weighted by Crippen LogP contribution is 2.27. The number of rotatable bonds is 0. The molecule has 0 bridgehead atoms. The molecule has 2 aromatic heterocycles. The Morgan fingerprint density at radius 2 is 1.94 bits per heavy atom.